The van der Waals surface area contributed by atoms with Crippen LogP contribution in [-0.4, -0.2) is 55.0 Å². The number of amides is 1. The number of piperazine rings is 1. The molecule has 1 aliphatic heterocycles. The number of likely N-dealkylation sites (N-methyl/N-ethyl adjacent to an activating group) is 1. The van der Waals surface area contributed by atoms with Crippen molar-refractivity contribution >= 4 is 5.91 Å². The molecule has 0 atom stereocenters. The molecular formula is C20H32N2O2. The van der Waals surface area contributed by atoms with E-state index in [1.54, 1.807) is 0 Å². The third kappa shape index (κ3) is 5.52. The van der Waals surface area contributed by atoms with Crippen molar-refractivity contribution in [3.05, 3.63) is 29.8 Å². The van der Waals surface area contributed by atoms with Crippen molar-refractivity contribution in [2.24, 2.45) is 0 Å². The van der Waals surface area contributed by atoms with Gasteiger partial charge in [0.15, 0.2) is 0 Å². The Morgan fingerprint density at radius 1 is 1.08 bits per heavy atom. The quantitative estimate of drug-likeness (QED) is 0.749. The van der Waals surface area contributed by atoms with Gasteiger partial charge in [0.1, 0.15) is 5.75 Å². The highest BCUT2D eigenvalue weighted by atomic mass is 16.5. The Kier molecular flexibility index (Phi) is 6.67. The summed E-state index contributed by atoms with van der Waals surface area (Å²) in [5.41, 5.74) is 1.46. The predicted molar refractivity (Wildman–Crippen MR) is 98.6 cm³/mol. The van der Waals surface area contributed by atoms with Crippen molar-refractivity contribution < 1.29 is 9.53 Å². The van der Waals surface area contributed by atoms with Gasteiger partial charge in [-0.3, -0.25) is 4.79 Å². The van der Waals surface area contributed by atoms with Gasteiger partial charge in [-0.2, -0.15) is 0 Å². The molecule has 2 rings (SSSR count). The van der Waals surface area contributed by atoms with Crippen molar-refractivity contribution in [1.29, 1.82) is 0 Å². The van der Waals surface area contributed by atoms with E-state index in [-0.39, 0.29) is 11.3 Å². The predicted octanol–water partition coefficient (Wildman–Crippen LogP) is 3.31. The van der Waals surface area contributed by atoms with E-state index in [1.165, 1.54) is 5.56 Å². The summed E-state index contributed by atoms with van der Waals surface area (Å²) >= 11 is 0. The van der Waals surface area contributed by atoms with Crippen LogP contribution in [0.5, 0.6) is 5.75 Å². The fourth-order valence-electron chi connectivity index (χ4n) is 2.94. The number of hydrogen-bond acceptors (Lipinski definition) is 3. The van der Waals surface area contributed by atoms with E-state index in [0.29, 0.717) is 13.0 Å². The molecule has 1 aliphatic rings. The Labute approximate surface area is 146 Å². The Bertz CT molecular complexity index is 511. The maximum atomic E-state index is 12.2. The second-order valence-electron chi connectivity index (χ2n) is 7.54. The van der Waals surface area contributed by atoms with Gasteiger partial charge in [0.2, 0.25) is 5.91 Å². The zero-order valence-electron chi connectivity index (χ0n) is 15.7. The monoisotopic (exact) mass is 332 g/mol. The molecule has 1 heterocycles. The number of hydrogen-bond donors (Lipinski definition) is 0. The average molecular weight is 332 g/mol. The van der Waals surface area contributed by atoms with Crippen LogP contribution in [0.15, 0.2) is 24.3 Å². The van der Waals surface area contributed by atoms with Crippen LogP contribution in [0.3, 0.4) is 0 Å². The van der Waals surface area contributed by atoms with Crippen LogP contribution in [0, 0.1) is 0 Å². The molecule has 0 N–H and O–H groups in total. The highest BCUT2D eigenvalue weighted by Gasteiger charge is 2.19. The van der Waals surface area contributed by atoms with E-state index in [4.69, 9.17) is 4.74 Å². The number of carbonyl (C=O) groups excluding carboxylic acids is 1. The number of nitrogens with zero attached hydrogens (tertiary/aromatic N) is 2. The molecule has 1 aromatic rings. The van der Waals surface area contributed by atoms with Gasteiger partial charge >= 0.3 is 0 Å². The van der Waals surface area contributed by atoms with Crippen LogP contribution in [0.1, 0.15) is 46.1 Å². The van der Waals surface area contributed by atoms with E-state index in [2.05, 4.69) is 44.7 Å². The first kappa shape index (κ1) is 18.8. The van der Waals surface area contributed by atoms with E-state index in [0.717, 1.165) is 44.9 Å². The zero-order chi connectivity index (χ0) is 17.6. The normalized spacial score (nSPS) is 16.2. The molecule has 0 saturated carbocycles. The van der Waals surface area contributed by atoms with Gasteiger partial charge in [-0.25, -0.2) is 0 Å². The van der Waals surface area contributed by atoms with Crippen LogP contribution < -0.4 is 4.74 Å². The highest BCUT2D eigenvalue weighted by Crippen LogP contribution is 2.24. The van der Waals surface area contributed by atoms with Crippen molar-refractivity contribution in [3.63, 3.8) is 0 Å². The minimum Gasteiger partial charge on any atom is -0.494 e. The summed E-state index contributed by atoms with van der Waals surface area (Å²) in [5.74, 6) is 1.14. The third-order valence-electron chi connectivity index (χ3n) is 4.70. The summed E-state index contributed by atoms with van der Waals surface area (Å²) in [6, 6.07) is 8.28. The highest BCUT2D eigenvalue weighted by molar-refractivity contribution is 5.76. The maximum absolute atomic E-state index is 12.2. The van der Waals surface area contributed by atoms with Gasteiger partial charge in [-0.1, -0.05) is 39.8 Å². The Morgan fingerprint density at radius 3 is 2.25 bits per heavy atom. The van der Waals surface area contributed by atoms with Gasteiger partial charge in [0.25, 0.3) is 0 Å². The molecule has 0 spiro atoms. The van der Waals surface area contributed by atoms with Crippen molar-refractivity contribution in [2.45, 2.75) is 46.0 Å². The van der Waals surface area contributed by atoms with E-state index in [1.807, 2.05) is 17.0 Å². The molecule has 134 valence electrons. The lowest BCUT2D eigenvalue weighted by atomic mass is 9.87. The lowest BCUT2D eigenvalue weighted by molar-refractivity contribution is -0.133. The smallest absolute Gasteiger partial charge is 0.222 e. The number of benzene rings is 1. The van der Waals surface area contributed by atoms with E-state index in [9.17, 15) is 4.79 Å². The summed E-state index contributed by atoms with van der Waals surface area (Å²) in [7, 11) is 0. The Hall–Kier alpha value is -1.55. The Balaban J connectivity index is 1.67. The molecule has 1 aromatic carbocycles. The van der Waals surface area contributed by atoms with Crippen LogP contribution >= 0.6 is 0 Å². The van der Waals surface area contributed by atoms with Gasteiger partial charge in [-0.05, 0) is 36.1 Å². The fraction of sp³-hybridized carbons (Fsp3) is 0.650. The summed E-state index contributed by atoms with van der Waals surface area (Å²) in [4.78, 5) is 16.6. The molecule has 0 unspecified atom stereocenters. The third-order valence-corrected chi connectivity index (χ3v) is 4.70. The van der Waals surface area contributed by atoms with E-state index < -0.39 is 0 Å². The molecule has 4 nitrogen and oxygen atoms in total. The first-order valence-electron chi connectivity index (χ1n) is 9.13. The molecule has 0 aliphatic carbocycles. The van der Waals surface area contributed by atoms with Crippen LogP contribution in [-0.2, 0) is 10.2 Å². The standard InChI is InChI=1S/C20H32N2O2/c1-5-21-12-14-22(15-13-21)19(23)7-6-16-24-18-10-8-17(9-11-18)20(2,3)4/h8-11H,5-7,12-16H2,1-4H3. The lowest BCUT2D eigenvalue weighted by Crippen LogP contribution is -2.48. The van der Waals surface area contributed by atoms with Crippen LogP contribution in [0.25, 0.3) is 0 Å². The van der Waals surface area contributed by atoms with Gasteiger partial charge in [0, 0.05) is 32.6 Å². The minimum atomic E-state index is 0.159. The van der Waals surface area contributed by atoms with E-state index >= 15 is 0 Å². The van der Waals surface area contributed by atoms with Crippen molar-refractivity contribution in [1.82, 2.24) is 9.80 Å². The molecule has 0 radical (unpaired) electrons. The average Bonchev–Trinajstić information content (AvgIpc) is 2.58. The molecule has 4 heteroatoms. The number of carbonyl (C=O) groups is 1. The number of rotatable bonds is 6. The molecule has 24 heavy (non-hydrogen) atoms. The second-order valence-corrected chi connectivity index (χ2v) is 7.54. The molecular weight excluding hydrogens is 300 g/mol. The first-order chi connectivity index (χ1) is 11.4. The van der Waals surface area contributed by atoms with Crippen molar-refractivity contribution in [2.75, 3.05) is 39.3 Å². The lowest BCUT2D eigenvalue weighted by Gasteiger charge is -2.34. The summed E-state index contributed by atoms with van der Waals surface area (Å²) in [5, 5.41) is 0. The van der Waals surface area contributed by atoms with Gasteiger partial charge < -0.3 is 14.5 Å². The largest absolute Gasteiger partial charge is 0.494 e. The molecule has 0 bridgehead atoms. The molecule has 1 fully saturated rings. The second kappa shape index (κ2) is 8.52. The molecule has 1 saturated heterocycles. The molecule has 0 aromatic heterocycles. The summed E-state index contributed by atoms with van der Waals surface area (Å²) < 4.78 is 5.77. The summed E-state index contributed by atoms with van der Waals surface area (Å²) in [6.07, 6.45) is 1.35. The zero-order valence-corrected chi connectivity index (χ0v) is 15.7. The van der Waals surface area contributed by atoms with Crippen molar-refractivity contribution in [3.8, 4) is 5.75 Å². The van der Waals surface area contributed by atoms with Gasteiger partial charge in [-0.15, -0.1) is 0 Å². The number of ether oxygens (including phenoxy) is 1. The SMILES string of the molecule is CCN1CCN(C(=O)CCCOc2ccc(C(C)(C)C)cc2)CC1. The first-order valence-corrected chi connectivity index (χ1v) is 9.13. The topological polar surface area (TPSA) is 32.8 Å². The van der Waals surface area contributed by atoms with Crippen LogP contribution in [0.2, 0.25) is 0 Å². The van der Waals surface area contributed by atoms with Gasteiger partial charge in [0.05, 0.1) is 6.61 Å². The van der Waals surface area contributed by atoms with Crippen LogP contribution in [0.4, 0.5) is 0 Å². The maximum Gasteiger partial charge on any atom is 0.222 e. The fourth-order valence-corrected chi connectivity index (χ4v) is 2.94. The summed E-state index contributed by atoms with van der Waals surface area (Å²) in [6.45, 7) is 14.2. The minimum absolute atomic E-state index is 0.159. The Morgan fingerprint density at radius 2 is 1.71 bits per heavy atom. The molecule has 1 amide bonds.